The van der Waals surface area contributed by atoms with E-state index in [1.807, 2.05) is 6.07 Å². The van der Waals surface area contributed by atoms with Gasteiger partial charge in [0.2, 0.25) is 0 Å². The molecular weight excluding hydrogens is 314 g/mol. The molecule has 0 spiro atoms. The van der Waals surface area contributed by atoms with Crippen LogP contribution in [0.4, 0.5) is 0 Å². The number of nitriles is 1. The third kappa shape index (κ3) is 4.66. The Bertz CT molecular complexity index is 849. The van der Waals surface area contributed by atoms with Crippen LogP contribution >= 0.6 is 0 Å². The third-order valence-corrected chi connectivity index (χ3v) is 4.39. The average Bonchev–Trinajstić information content (AvgIpc) is 2.54. The van der Waals surface area contributed by atoms with Crippen LogP contribution in [0.2, 0.25) is 0 Å². The molecule has 5 nitrogen and oxygen atoms in total. The van der Waals surface area contributed by atoms with Gasteiger partial charge in [-0.25, -0.2) is 0 Å². The van der Waals surface area contributed by atoms with Crippen molar-refractivity contribution in [2.75, 3.05) is 0 Å². The summed E-state index contributed by atoms with van der Waals surface area (Å²) in [6, 6.07) is 14.1. The molecular formula is C17H15NO4S. The normalized spacial score (nSPS) is 10.8. The molecule has 0 saturated heterocycles. The zero-order chi connectivity index (χ0) is 16.9. The van der Waals surface area contributed by atoms with Crippen molar-refractivity contribution in [1.82, 2.24) is 0 Å². The highest BCUT2D eigenvalue weighted by Gasteiger charge is 2.17. The highest BCUT2D eigenvalue weighted by atomic mass is 32.2. The van der Waals surface area contributed by atoms with Gasteiger partial charge in [-0.3, -0.25) is 0 Å². The van der Waals surface area contributed by atoms with Crippen LogP contribution in [0.3, 0.4) is 0 Å². The fourth-order valence-electron chi connectivity index (χ4n) is 1.93. The lowest BCUT2D eigenvalue weighted by Crippen LogP contribution is -2.10. The highest BCUT2D eigenvalue weighted by molar-refractivity contribution is 7.87. The minimum atomic E-state index is -3.99. The minimum Gasteiger partial charge on any atom is -0.379 e. The number of nitrogens with zero attached hydrogens (tertiary/aromatic N) is 1. The molecule has 0 amide bonds. The Balaban J connectivity index is 2.14. The molecule has 118 valence electrons. The van der Waals surface area contributed by atoms with E-state index in [0.717, 1.165) is 5.56 Å². The molecule has 0 aliphatic rings. The van der Waals surface area contributed by atoms with Crippen molar-refractivity contribution in [1.29, 1.82) is 5.26 Å². The highest BCUT2D eigenvalue weighted by Crippen LogP contribution is 2.20. The summed E-state index contributed by atoms with van der Waals surface area (Å²) in [4.78, 5) is 10.9. The van der Waals surface area contributed by atoms with Crippen LogP contribution in [0.5, 0.6) is 5.75 Å². The lowest BCUT2D eigenvalue weighted by atomic mass is 10.1. The van der Waals surface area contributed by atoms with Crippen molar-refractivity contribution in [3.05, 3.63) is 59.7 Å². The maximum Gasteiger partial charge on any atom is 0.339 e. The molecule has 0 aliphatic heterocycles. The lowest BCUT2D eigenvalue weighted by molar-refractivity contribution is -0.116. The summed E-state index contributed by atoms with van der Waals surface area (Å²) in [5.41, 5.74) is 1.17. The molecule has 0 N–H and O–H groups in total. The Morgan fingerprint density at radius 3 is 2.48 bits per heavy atom. The Hall–Kier alpha value is -2.65. The summed E-state index contributed by atoms with van der Waals surface area (Å²) in [7, 11) is -3.99. The second-order valence-electron chi connectivity index (χ2n) is 5.02. The summed E-state index contributed by atoms with van der Waals surface area (Å²) in [6.07, 6.45) is 1.05. The van der Waals surface area contributed by atoms with E-state index in [1.165, 1.54) is 31.2 Å². The molecule has 0 unspecified atom stereocenters. The van der Waals surface area contributed by atoms with Crippen LogP contribution < -0.4 is 4.18 Å². The van der Waals surface area contributed by atoms with E-state index in [1.54, 1.807) is 24.3 Å². The lowest BCUT2D eigenvalue weighted by Gasteiger charge is -2.08. The quantitative estimate of drug-likeness (QED) is 0.761. The molecule has 0 atom stereocenters. The number of ketones is 1. The van der Waals surface area contributed by atoms with E-state index in [-0.39, 0.29) is 22.0 Å². The van der Waals surface area contributed by atoms with Crippen LogP contribution in [-0.2, 0) is 21.3 Å². The maximum absolute atomic E-state index is 12.2. The third-order valence-electron chi connectivity index (χ3n) is 3.15. The summed E-state index contributed by atoms with van der Waals surface area (Å²) < 4.78 is 29.5. The molecule has 23 heavy (non-hydrogen) atoms. The van der Waals surface area contributed by atoms with E-state index < -0.39 is 10.1 Å². The van der Waals surface area contributed by atoms with Crippen LogP contribution in [0.1, 0.15) is 24.5 Å². The number of hydrogen-bond acceptors (Lipinski definition) is 5. The first-order valence-electron chi connectivity index (χ1n) is 6.94. The molecule has 0 bridgehead atoms. The summed E-state index contributed by atoms with van der Waals surface area (Å²) in [5.74, 6) is 0.282. The van der Waals surface area contributed by atoms with Crippen molar-refractivity contribution in [3.63, 3.8) is 0 Å². The molecule has 6 heteroatoms. The number of hydrogen-bond donors (Lipinski definition) is 0. The molecule has 0 aliphatic carbocycles. The van der Waals surface area contributed by atoms with Gasteiger partial charge in [0.1, 0.15) is 16.4 Å². The second kappa shape index (κ2) is 7.07. The summed E-state index contributed by atoms with van der Waals surface area (Å²) >= 11 is 0. The Kier molecular flexibility index (Phi) is 5.14. The van der Waals surface area contributed by atoms with Gasteiger partial charge in [0.15, 0.2) is 0 Å². The van der Waals surface area contributed by atoms with Crippen LogP contribution in [0.25, 0.3) is 0 Å². The van der Waals surface area contributed by atoms with Gasteiger partial charge in [-0.2, -0.15) is 13.7 Å². The number of rotatable bonds is 6. The molecule has 2 aromatic rings. The van der Waals surface area contributed by atoms with Gasteiger partial charge in [0, 0.05) is 6.42 Å². The van der Waals surface area contributed by atoms with Gasteiger partial charge < -0.3 is 8.98 Å². The topological polar surface area (TPSA) is 84.2 Å². The SMILES string of the molecule is CC(=O)CCc1ccc(OS(=O)(=O)c2cccc(C#N)c2)cc1. The zero-order valence-corrected chi connectivity index (χ0v) is 13.3. The number of benzene rings is 2. The van der Waals surface area contributed by atoms with Crippen LogP contribution in [0, 0.1) is 11.3 Å². The van der Waals surface area contributed by atoms with E-state index in [2.05, 4.69) is 0 Å². The van der Waals surface area contributed by atoms with E-state index >= 15 is 0 Å². The first-order chi connectivity index (χ1) is 10.9. The predicted octanol–water partition coefficient (Wildman–Crippen LogP) is 2.85. The van der Waals surface area contributed by atoms with Crippen molar-refractivity contribution >= 4 is 15.9 Å². The fourth-order valence-corrected chi connectivity index (χ4v) is 2.91. The number of Topliss-reactive ketones (excluding diaryl/α,β-unsaturated/α-hetero) is 1. The first-order valence-corrected chi connectivity index (χ1v) is 8.34. The smallest absolute Gasteiger partial charge is 0.339 e. The molecule has 2 aromatic carbocycles. The monoisotopic (exact) mass is 329 g/mol. The Labute approximate surface area is 135 Å². The van der Waals surface area contributed by atoms with Crippen molar-refractivity contribution in [2.24, 2.45) is 0 Å². The average molecular weight is 329 g/mol. The first kappa shape index (κ1) is 16.7. The summed E-state index contributed by atoms with van der Waals surface area (Å²) in [6.45, 7) is 1.53. The van der Waals surface area contributed by atoms with Crippen LogP contribution in [-0.4, -0.2) is 14.2 Å². The molecule has 0 heterocycles. The number of aryl methyl sites for hydroxylation is 1. The Morgan fingerprint density at radius 1 is 1.17 bits per heavy atom. The van der Waals surface area contributed by atoms with E-state index in [0.29, 0.717) is 12.8 Å². The minimum absolute atomic E-state index is 0.0720. The van der Waals surface area contributed by atoms with E-state index in [9.17, 15) is 13.2 Å². The van der Waals surface area contributed by atoms with Gasteiger partial charge in [-0.05, 0) is 49.2 Å². The second-order valence-corrected chi connectivity index (χ2v) is 6.57. The van der Waals surface area contributed by atoms with Gasteiger partial charge in [-0.1, -0.05) is 18.2 Å². The molecule has 0 fully saturated rings. The van der Waals surface area contributed by atoms with Crippen molar-refractivity contribution < 1.29 is 17.4 Å². The maximum atomic E-state index is 12.2. The number of carbonyl (C=O) groups is 1. The Morgan fingerprint density at radius 2 is 1.87 bits per heavy atom. The predicted molar refractivity (Wildman–Crippen MR) is 84.4 cm³/mol. The molecule has 0 saturated carbocycles. The van der Waals surface area contributed by atoms with Gasteiger partial charge in [0.05, 0.1) is 11.6 Å². The van der Waals surface area contributed by atoms with Gasteiger partial charge >= 0.3 is 10.1 Å². The van der Waals surface area contributed by atoms with E-state index in [4.69, 9.17) is 9.44 Å². The number of carbonyl (C=O) groups excluding carboxylic acids is 1. The van der Waals surface area contributed by atoms with Crippen molar-refractivity contribution in [2.45, 2.75) is 24.7 Å². The molecule has 0 radical (unpaired) electrons. The zero-order valence-electron chi connectivity index (χ0n) is 12.5. The van der Waals surface area contributed by atoms with Crippen LogP contribution in [0.15, 0.2) is 53.4 Å². The standard InChI is InChI=1S/C17H15NO4S/c1-13(19)5-6-14-7-9-16(10-8-14)22-23(20,21)17-4-2-3-15(11-17)12-18/h2-4,7-11H,5-6H2,1H3. The summed E-state index contributed by atoms with van der Waals surface area (Å²) in [5, 5.41) is 8.83. The molecule has 0 aromatic heterocycles. The molecule has 2 rings (SSSR count). The van der Waals surface area contributed by atoms with Gasteiger partial charge in [0.25, 0.3) is 0 Å². The largest absolute Gasteiger partial charge is 0.379 e. The fraction of sp³-hybridized carbons (Fsp3) is 0.176. The van der Waals surface area contributed by atoms with Gasteiger partial charge in [-0.15, -0.1) is 0 Å². The van der Waals surface area contributed by atoms with Crippen molar-refractivity contribution in [3.8, 4) is 11.8 Å².